The molecule has 0 radical (unpaired) electrons. The molecule has 1 rings (SSSR count). The molecular formula is C13H18ClNO4S. The van der Waals surface area contributed by atoms with Crippen LogP contribution in [0, 0.1) is 6.92 Å². The van der Waals surface area contributed by atoms with Gasteiger partial charge in [0.15, 0.2) is 0 Å². The van der Waals surface area contributed by atoms with Crippen molar-refractivity contribution in [3.8, 4) is 0 Å². The molecule has 1 N–H and O–H groups in total. The Morgan fingerprint density at radius 2 is 1.95 bits per heavy atom. The van der Waals surface area contributed by atoms with Gasteiger partial charge < -0.3 is 10.1 Å². The van der Waals surface area contributed by atoms with Gasteiger partial charge in [-0.3, -0.25) is 4.79 Å². The lowest BCUT2D eigenvalue weighted by molar-refractivity contribution is -0.125. The fraction of sp³-hybridized carbons (Fsp3) is 0.462. The Kier molecular flexibility index (Phi) is 5.18. The molecule has 0 spiro atoms. The monoisotopic (exact) mass is 319 g/mol. The van der Waals surface area contributed by atoms with Crippen LogP contribution in [0.1, 0.15) is 26.3 Å². The SMILES string of the molecule is Cc1cc(NC(=O)COC(C)(C)C)ccc1S(=O)(=O)Cl. The van der Waals surface area contributed by atoms with Crippen molar-refractivity contribution in [3.63, 3.8) is 0 Å². The number of carbonyl (C=O) groups is 1. The van der Waals surface area contributed by atoms with E-state index in [1.54, 1.807) is 13.0 Å². The Morgan fingerprint density at radius 3 is 2.40 bits per heavy atom. The van der Waals surface area contributed by atoms with Crippen LogP contribution in [0.15, 0.2) is 23.1 Å². The van der Waals surface area contributed by atoms with Gasteiger partial charge in [-0.1, -0.05) is 0 Å². The third kappa shape index (κ3) is 5.48. The van der Waals surface area contributed by atoms with E-state index in [4.69, 9.17) is 15.4 Å². The first kappa shape index (κ1) is 16.9. The fourth-order valence-electron chi connectivity index (χ4n) is 1.48. The number of rotatable bonds is 4. The summed E-state index contributed by atoms with van der Waals surface area (Å²) >= 11 is 0. The zero-order valence-corrected chi connectivity index (χ0v) is 13.4. The number of amides is 1. The van der Waals surface area contributed by atoms with E-state index in [0.717, 1.165) is 0 Å². The van der Waals surface area contributed by atoms with Crippen LogP contribution in [0.3, 0.4) is 0 Å². The van der Waals surface area contributed by atoms with Gasteiger partial charge >= 0.3 is 0 Å². The Labute approximate surface area is 123 Å². The third-order valence-corrected chi connectivity index (χ3v) is 3.84. The van der Waals surface area contributed by atoms with E-state index in [2.05, 4.69) is 5.32 Å². The summed E-state index contributed by atoms with van der Waals surface area (Å²) in [5.74, 6) is -0.305. The second kappa shape index (κ2) is 6.11. The van der Waals surface area contributed by atoms with Crippen LogP contribution >= 0.6 is 10.7 Å². The van der Waals surface area contributed by atoms with Gasteiger partial charge in [0, 0.05) is 16.4 Å². The minimum atomic E-state index is -3.77. The molecule has 5 nitrogen and oxygen atoms in total. The molecule has 0 fully saturated rings. The maximum Gasteiger partial charge on any atom is 0.261 e. The largest absolute Gasteiger partial charge is 0.366 e. The van der Waals surface area contributed by atoms with Gasteiger partial charge in [0.05, 0.1) is 10.5 Å². The van der Waals surface area contributed by atoms with Crippen molar-refractivity contribution >= 4 is 31.3 Å². The quantitative estimate of drug-likeness (QED) is 0.866. The van der Waals surface area contributed by atoms with Crippen LogP contribution in [0.4, 0.5) is 5.69 Å². The van der Waals surface area contributed by atoms with Crippen LogP contribution in [-0.4, -0.2) is 26.5 Å². The topological polar surface area (TPSA) is 72.5 Å². The number of ether oxygens (including phenoxy) is 1. The number of hydrogen-bond donors (Lipinski definition) is 1. The van der Waals surface area contributed by atoms with Crippen LogP contribution in [0.25, 0.3) is 0 Å². The lowest BCUT2D eigenvalue weighted by Crippen LogP contribution is -2.27. The number of halogens is 1. The molecule has 0 saturated carbocycles. The number of hydrogen-bond acceptors (Lipinski definition) is 4. The zero-order chi connectivity index (χ0) is 15.6. The molecule has 112 valence electrons. The van der Waals surface area contributed by atoms with Crippen LogP contribution in [-0.2, 0) is 18.6 Å². The lowest BCUT2D eigenvalue weighted by Gasteiger charge is -2.19. The number of nitrogens with one attached hydrogen (secondary N) is 1. The van der Waals surface area contributed by atoms with Crippen LogP contribution in [0.2, 0.25) is 0 Å². The molecule has 20 heavy (non-hydrogen) atoms. The first-order valence-electron chi connectivity index (χ1n) is 5.98. The molecule has 0 atom stereocenters. The third-order valence-electron chi connectivity index (χ3n) is 2.36. The first-order valence-corrected chi connectivity index (χ1v) is 8.29. The van der Waals surface area contributed by atoms with E-state index in [9.17, 15) is 13.2 Å². The lowest BCUT2D eigenvalue weighted by atomic mass is 10.2. The van der Waals surface area contributed by atoms with Gasteiger partial charge in [-0.25, -0.2) is 8.42 Å². The molecule has 0 heterocycles. The van der Waals surface area contributed by atoms with E-state index in [0.29, 0.717) is 11.3 Å². The first-order chi connectivity index (χ1) is 8.99. The van der Waals surface area contributed by atoms with Crippen molar-refractivity contribution in [1.29, 1.82) is 0 Å². The highest BCUT2D eigenvalue weighted by molar-refractivity contribution is 8.13. The Bertz CT molecular complexity index is 605. The van der Waals surface area contributed by atoms with Gasteiger partial charge in [-0.2, -0.15) is 0 Å². The zero-order valence-electron chi connectivity index (χ0n) is 11.9. The summed E-state index contributed by atoms with van der Waals surface area (Å²) in [5, 5.41) is 2.63. The Hall–Kier alpha value is -1.11. The van der Waals surface area contributed by atoms with Gasteiger partial charge in [0.1, 0.15) is 6.61 Å². The predicted molar refractivity (Wildman–Crippen MR) is 78.6 cm³/mol. The molecule has 0 aliphatic heterocycles. The molecule has 0 aromatic heterocycles. The summed E-state index contributed by atoms with van der Waals surface area (Å²) in [6, 6.07) is 4.39. The van der Waals surface area contributed by atoms with E-state index in [-0.39, 0.29) is 17.4 Å². The summed E-state index contributed by atoms with van der Waals surface area (Å²) < 4.78 is 27.9. The molecule has 1 amide bonds. The average molecular weight is 320 g/mol. The highest BCUT2D eigenvalue weighted by Gasteiger charge is 2.15. The van der Waals surface area contributed by atoms with Gasteiger partial charge in [-0.15, -0.1) is 0 Å². The summed E-state index contributed by atoms with van der Waals surface area (Å²) in [7, 11) is 1.51. The van der Waals surface area contributed by atoms with Crippen molar-refractivity contribution in [2.75, 3.05) is 11.9 Å². The predicted octanol–water partition coefficient (Wildman–Crippen LogP) is 2.68. The molecule has 0 saturated heterocycles. The summed E-state index contributed by atoms with van der Waals surface area (Å²) in [4.78, 5) is 11.7. The van der Waals surface area contributed by atoms with Crippen molar-refractivity contribution in [2.24, 2.45) is 0 Å². The van der Waals surface area contributed by atoms with Crippen molar-refractivity contribution < 1.29 is 17.9 Å². The number of benzene rings is 1. The van der Waals surface area contributed by atoms with Gasteiger partial charge in [0.25, 0.3) is 9.05 Å². The maximum absolute atomic E-state index is 11.7. The Balaban J connectivity index is 2.76. The highest BCUT2D eigenvalue weighted by Crippen LogP contribution is 2.22. The molecule has 0 unspecified atom stereocenters. The number of anilines is 1. The molecule has 7 heteroatoms. The summed E-state index contributed by atoms with van der Waals surface area (Å²) in [5.41, 5.74) is 0.563. The highest BCUT2D eigenvalue weighted by atomic mass is 35.7. The van der Waals surface area contributed by atoms with E-state index < -0.39 is 14.7 Å². The Morgan fingerprint density at radius 1 is 1.35 bits per heavy atom. The smallest absolute Gasteiger partial charge is 0.261 e. The molecule has 0 aliphatic carbocycles. The summed E-state index contributed by atoms with van der Waals surface area (Å²) in [6.07, 6.45) is 0. The van der Waals surface area contributed by atoms with E-state index >= 15 is 0 Å². The van der Waals surface area contributed by atoms with Crippen molar-refractivity contribution in [3.05, 3.63) is 23.8 Å². The molecule has 0 bridgehead atoms. The second-order valence-electron chi connectivity index (χ2n) is 5.37. The molecule has 0 aliphatic rings. The molecular weight excluding hydrogens is 302 g/mol. The van der Waals surface area contributed by atoms with E-state index in [1.807, 2.05) is 20.8 Å². The second-order valence-corrected chi connectivity index (χ2v) is 7.90. The van der Waals surface area contributed by atoms with E-state index in [1.165, 1.54) is 12.1 Å². The van der Waals surface area contributed by atoms with Crippen LogP contribution in [0.5, 0.6) is 0 Å². The fourth-order valence-corrected chi connectivity index (χ4v) is 2.67. The molecule has 1 aromatic carbocycles. The van der Waals surface area contributed by atoms with Crippen molar-refractivity contribution in [2.45, 2.75) is 38.2 Å². The normalized spacial score (nSPS) is 12.2. The van der Waals surface area contributed by atoms with Gasteiger partial charge in [0.2, 0.25) is 5.91 Å². The maximum atomic E-state index is 11.7. The minimum Gasteiger partial charge on any atom is -0.366 e. The van der Waals surface area contributed by atoms with Gasteiger partial charge in [-0.05, 0) is 51.5 Å². The summed E-state index contributed by atoms with van der Waals surface area (Å²) in [6.45, 7) is 7.09. The average Bonchev–Trinajstić information content (AvgIpc) is 2.23. The number of carbonyl (C=O) groups excluding carboxylic acids is 1. The minimum absolute atomic E-state index is 0.0307. The molecule has 1 aromatic rings. The van der Waals surface area contributed by atoms with Crippen LogP contribution < -0.4 is 5.32 Å². The standard InChI is InChI=1S/C13H18ClNO4S/c1-9-7-10(5-6-11(9)20(14,17)18)15-12(16)8-19-13(2,3)4/h5-7H,8H2,1-4H3,(H,15,16). The number of aryl methyl sites for hydroxylation is 1. The van der Waals surface area contributed by atoms with Crippen molar-refractivity contribution in [1.82, 2.24) is 0 Å².